The molecule has 0 aliphatic carbocycles. The van der Waals surface area contributed by atoms with Crippen molar-refractivity contribution < 1.29 is 9.52 Å². The van der Waals surface area contributed by atoms with Crippen LogP contribution >= 0.6 is 0 Å². The third-order valence-electron chi connectivity index (χ3n) is 2.71. The van der Waals surface area contributed by atoms with Gasteiger partial charge in [0.1, 0.15) is 12.4 Å². The Morgan fingerprint density at radius 3 is 2.65 bits per heavy atom. The third kappa shape index (κ3) is 1.81. The van der Waals surface area contributed by atoms with Crippen LogP contribution in [0.2, 0.25) is 0 Å². The van der Waals surface area contributed by atoms with Gasteiger partial charge in [-0.2, -0.15) is 0 Å². The Hall–Kier alpha value is -2.13. The summed E-state index contributed by atoms with van der Waals surface area (Å²) in [5.41, 5.74) is 0.920. The Morgan fingerprint density at radius 1 is 1.06 bits per heavy atom. The molecular formula is C14H11NO2. The number of aliphatic hydroxyl groups is 1. The van der Waals surface area contributed by atoms with E-state index < -0.39 is 0 Å². The molecule has 0 aliphatic heterocycles. The molecule has 3 rings (SSSR count). The van der Waals surface area contributed by atoms with Crippen LogP contribution in [0.1, 0.15) is 5.76 Å². The molecule has 0 saturated carbocycles. The highest BCUT2D eigenvalue weighted by molar-refractivity contribution is 5.86. The third-order valence-corrected chi connectivity index (χ3v) is 2.71. The highest BCUT2D eigenvalue weighted by Gasteiger charge is 2.06. The van der Waals surface area contributed by atoms with Gasteiger partial charge in [-0.15, -0.1) is 0 Å². The van der Waals surface area contributed by atoms with Gasteiger partial charge >= 0.3 is 0 Å². The van der Waals surface area contributed by atoms with Gasteiger partial charge in [0.25, 0.3) is 0 Å². The summed E-state index contributed by atoms with van der Waals surface area (Å²) in [6.07, 6.45) is 1.55. The van der Waals surface area contributed by atoms with Crippen molar-refractivity contribution in [1.29, 1.82) is 0 Å². The molecule has 84 valence electrons. The van der Waals surface area contributed by atoms with E-state index in [1.807, 2.05) is 30.3 Å². The largest absolute Gasteiger partial charge is 0.439 e. The minimum Gasteiger partial charge on any atom is -0.439 e. The molecule has 0 unspecified atom stereocenters. The van der Waals surface area contributed by atoms with Crippen molar-refractivity contribution in [2.24, 2.45) is 0 Å². The van der Waals surface area contributed by atoms with Crippen LogP contribution < -0.4 is 0 Å². The molecule has 0 saturated heterocycles. The maximum atomic E-state index is 8.94. The number of rotatable bonds is 2. The lowest BCUT2D eigenvalue weighted by atomic mass is 10.1. The second kappa shape index (κ2) is 4.03. The number of oxazole rings is 1. The first-order chi connectivity index (χ1) is 8.36. The fourth-order valence-electron chi connectivity index (χ4n) is 1.84. The number of hydrogen-bond donors (Lipinski definition) is 1. The van der Waals surface area contributed by atoms with Gasteiger partial charge in [-0.3, -0.25) is 0 Å². The second-order valence-corrected chi connectivity index (χ2v) is 3.85. The van der Waals surface area contributed by atoms with E-state index in [4.69, 9.17) is 9.52 Å². The number of aromatic nitrogens is 1. The molecule has 3 nitrogen and oxygen atoms in total. The first kappa shape index (κ1) is 10.1. The Morgan fingerprint density at radius 2 is 1.88 bits per heavy atom. The molecular weight excluding hydrogens is 214 g/mol. The zero-order valence-corrected chi connectivity index (χ0v) is 9.13. The molecule has 3 heteroatoms. The van der Waals surface area contributed by atoms with Crippen LogP contribution in [0.25, 0.3) is 22.2 Å². The van der Waals surface area contributed by atoms with Crippen molar-refractivity contribution in [2.75, 3.05) is 0 Å². The monoisotopic (exact) mass is 225 g/mol. The van der Waals surface area contributed by atoms with E-state index in [9.17, 15) is 0 Å². The van der Waals surface area contributed by atoms with Gasteiger partial charge in [0.2, 0.25) is 5.89 Å². The fourth-order valence-corrected chi connectivity index (χ4v) is 1.84. The first-order valence-corrected chi connectivity index (χ1v) is 5.41. The predicted octanol–water partition coefficient (Wildman–Crippen LogP) is 2.99. The number of benzene rings is 2. The summed E-state index contributed by atoms with van der Waals surface area (Å²) in [7, 11) is 0. The molecule has 0 fully saturated rings. The number of fused-ring (bicyclic) bond motifs is 1. The van der Waals surface area contributed by atoms with Crippen molar-refractivity contribution in [3.05, 3.63) is 54.4 Å². The smallest absolute Gasteiger partial charge is 0.226 e. The van der Waals surface area contributed by atoms with Crippen molar-refractivity contribution in [3.63, 3.8) is 0 Å². The summed E-state index contributed by atoms with van der Waals surface area (Å²) < 4.78 is 5.41. The Kier molecular flexibility index (Phi) is 2.38. The SMILES string of the molecule is OCc1cnc(-c2ccc3ccccc3c2)o1. The van der Waals surface area contributed by atoms with E-state index >= 15 is 0 Å². The van der Waals surface area contributed by atoms with Crippen LogP contribution in [-0.2, 0) is 6.61 Å². The lowest BCUT2D eigenvalue weighted by Crippen LogP contribution is -1.78. The van der Waals surface area contributed by atoms with Crippen LogP contribution in [0.3, 0.4) is 0 Å². The molecule has 0 radical (unpaired) electrons. The second-order valence-electron chi connectivity index (χ2n) is 3.85. The molecule has 0 amide bonds. The van der Waals surface area contributed by atoms with Crippen LogP contribution in [-0.4, -0.2) is 10.1 Å². The standard InChI is InChI=1S/C14H11NO2/c16-9-13-8-15-14(17-13)12-6-5-10-3-1-2-4-11(10)7-12/h1-8,16H,9H2. The van der Waals surface area contributed by atoms with E-state index in [0.717, 1.165) is 10.9 Å². The van der Waals surface area contributed by atoms with Gasteiger partial charge in [0.15, 0.2) is 0 Å². The lowest BCUT2D eigenvalue weighted by Gasteiger charge is -1.99. The zero-order valence-electron chi connectivity index (χ0n) is 9.13. The summed E-state index contributed by atoms with van der Waals surface area (Å²) in [6.45, 7) is -0.124. The van der Waals surface area contributed by atoms with E-state index in [1.54, 1.807) is 6.20 Å². The number of nitrogens with zero attached hydrogens (tertiary/aromatic N) is 1. The molecule has 3 aromatic rings. The van der Waals surface area contributed by atoms with Crippen molar-refractivity contribution >= 4 is 10.8 Å². The highest BCUT2D eigenvalue weighted by atomic mass is 16.4. The van der Waals surface area contributed by atoms with Gasteiger partial charge < -0.3 is 9.52 Å². The van der Waals surface area contributed by atoms with Gasteiger partial charge in [-0.25, -0.2) is 4.98 Å². The quantitative estimate of drug-likeness (QED) is 0.729. The number of hydrogen-bond acceptors (Lipinski definition) is 3. The minimum absolute atomic E-state index is 0.124. The Labute approximate surface area is 98.3 Å². The molecule has 0 atom stereocenters. The highest BCUT2D eigenvalue weighted by Crippen LogP contribution is 2.24. The minimum atomic E-state index is -0.124. The molecule has 0 bridgehead atoms. The fraction of sp³-hybridized carbons (Fsp3) is 0.0714. The summed E-state index contributed by atoms with van der Waals surface area (Å²) in [5, 5.41) is 11.3. The summed E-state index contributed by atoms with van der Waals surface area (Å²) in [6, 6.07) is 14.2. The zero-order chi connectivity index (χ0) is 11.7. The van der Waals surface area contributed by atoms with Crippen LogP contribution in [0.5, 0.6) is 0 Å². The number of aliphatic hydroxyl groups excluding tert-OH is 1. The van der Waals surface area contributed by atoms with Crippen LogP contribution in [0.4, 0.5) is 0 Å². The molecule has 0 aliphatic rings. The van der Waals surface area contributed by atoms with Gasteiger partial charge in [0, 0.05) is 5.56 Å². The molecule has 2 aromatic carbocycles. The summed E-state index contributed by atoms with van der Waals surface area (Å²) >= 11 is 0. The normalized spacial score (nSPS) is 10.9. The van der Waals surface area contributed by atoms with Crippen LogP contribution in [0.15, 0.2) is 53.1 Å². The maximum absolute atomic E-state index is 8.94. The molecule has 1 N–H and O–H groups in total. The lowest BCUT2D eigenvalue weighted by molar-refractivity contribution is 0.248. The topological polar surface area (TPSA) is 46.3 Å². The molecule has 1 heterocycles. The first-order valence-electron chi connectivity index (χ1n) is 5.41. The molecule has 0 spiro atoms. The van der Waals surface area contributed by atoms with Crippen molar-refractivity contribution in [3.8, 4) is 11.5 Å². The predicted molar refractivity (Wildman–Crippen MR) is 65.4 cm³/mol. The maximum Gasteiger partial charge on any atom is 0.226 e. The van der Waals surface area contributed by atoms with E-state index in [-0.39, 0.29) is 6.61 Å². The average Bonchev–Trinajstić information content (AvgIpc) is 2.87. The van der Waals surface area contributed by atoms with Gasteiger partial charge in [-0.05, 0) is 22.9 Å². The summed E-state index contributed by atoms with van der Waals surface area (Å²) in [5.74, 6) is 1.02. The Bertz CT molecular complexity index is 658. The van der Waals surface area contributed by atoms with Crippen LogP contribution in [0, 0.1) is 0 Å². The average molecular weight is 225 g/mol. The molecule has 1 aromatic heterocycles. The van der Waals surface area contributed by atoms with E-state index in [1.165, 1.54) is 5.39 Å². The van der Waals surface area contributed by atoms with E-state index in [2.05, 4.69) is 17.1 Å². The van der Waals surface area contributed by atoms with Crippen molar-refractivity contribution in [2.45, 2.75) is 6.61 Å². The van der Waals surface area contributed by atoms with Gasteiger partial charge in [0.05, 0.1) is 6.20 Å². The molecule has 17 heavy (non-hydrogen) atoms. The van der Waals surface area contributed by atoms with Crippen molar-refractivity contribution in [1.82, 2.24) is 4.98 Å². The van der Waals surface area contributed by atoms with E-state index in [0.29, 0.717) is 11.7 Å². The van der Waals surface area contributed by atoms with Gasteiger partial charge in [-0.1, -0.05) is 30.3 Å². The Balaban J connectivity index is 2.11. The summed E-state index contributed by atoms with van der Waals surface area (Å²) in [4.78, 5) is 4.14.